The van der Waals surface area contributed by atoms with Gasteiger partial charge in [0.25, 0.3) is 0 Å². The molecule has 1 saturated carbocycles. The quantitative estimate of drug-likeness (QED) is 0.829. The second kappa shape index (κ2) is 7.16. The molecule has 0 bridgehead atoms. The SMILES string of the molecule is NC(CCC1CCCCC1)Cc1ccccc1Cl. The molecular weight excluding hydrogens is 242 g/mol. The van der Waals surface area contributed by atoms with E-state index in [9.17, 15) is 0 Å². The summed E-state index contributed by atoms with van der Waals surface area (Å²) in [4.78, 5) is 0. The maximum absolute atomic E-state index is 6.23. The molecule has 0 saturated heterocycles. The van der Waals surface area contributed by atoms with Gasteiger partial charge in [-0.15, -0.1) is 0 Å². The molecule has 0 radical (unpaired) electrons. The minimum Gasteiger partial charge on any atom is -0.327 e. The zero-order valence-electron chi connectivity index (χ0n) is 11.1. The van der Waals surface area contributed by atoms with Crippen molar-refractivity contribution < 1.29 is 0 Å². The van der Waals surface area contributed by atoms with Crippen LogP contribution in [-0.2, 0) is 6.42 Å². The summed E-state index contributed by atoms with van der Waals surface area (Å²) in [5.74, 6) is 0.927. The van der Waals surface area contributed by atoms with Crippen LogP contribution in [0.5, 0.6) is 0 Å². The molecule has 1 nitrogen and oxygen atoms in total. The highest BCUT2D eigenvalue weighted by atomic mass is 35.5. The lowest BCUT2D eigenvalue weighted by Crippen LogP contribution is -2.24. The van der Waals surface area contributed by atoms with E-state index in [0.29, 0.717) is 0 Å². The summed E-state index contributed by atoms with van der Waals surface area (Å²) in [6.07, 6.45) is 10.4. The Kier molecular flexibility index (Phi) is 5.52. The van der Waals surface area contributed by atoms with Gasteiger partial charge in [0.1, 0.15) is 0 Å². The number of benzene rings is 1. The molecule has 1 unspecified atom stereocenters. The van der Waals surface area contributed by atoms with Crippen molar-refractivity contribution >= 4 is 11.6 Å². The van der Waals surface area contributed by atoms with Gasteiger partial charge in [0.15, 0.2) is 0 Å². The number of hydrogen-bond donors (Lipinski definition) is 1. The van der Waals surface area contributed by atoms with Crippen LogP contribution in [0.1, 0.15) is 50.5 Å². The topological polar surface area (TPSA) is 26.0 Å². The number of hydrogen-bond acceptors (Lipinski definition) is 1. The first-order valence-electron chi connectivity index (χ1n) is 7.24. The highest BCUT2D eigenvalue weighted by molar-refractivity contribution is 6.31. The molecular formula is C16H24ClN. The average molecular weight is 266 g/mol. The van der Waals surface area contributed by atoms with Crippen molar-refractivity contribution in [3.63, 3.8) is 0 Å². The van der Waals surface area contributed by atoms with Crippen LogP contribution < -0.4 is 5.73 Å². The summed E-state index contributed by atoms with van der Waals surface area (Å²) in [5, 5.41) is 0.852. The van der Waals surface area contributed by atoms with Gasteiger partial charge in [0.05, 0.1) is 0 Å². The minimum absolute atomic E-state index is 0.256. The largest absolute Gasteiger partial charge is 0.327 e. The molecule has 2 heteroatoms. The summed E-state index contributed by atoms with van der Waals surface area (Å²) >= 11 is 6.16. The molecule has 1 aliphatic carbocycles. The second-order valence-electron chi connectivity index (χ2n) is 5.64. The molecule has 0 aliphatic heterocycles. The van der Waals surface area contributed by atoms with E-state index in [1.54, 1.807) is 0 Å². The van der Waals surface area contributed by atoms with Crippen LogP contribution >= 0.6 is 11.6 Å². The highest BCUT2D eigenvalue weighted by Crippen LogP contribution is 2.28. The molecule has 2 N–H and O–H groups in total. The third-order valence-corrected chi connectivity index (χ3v) is 4.48. The first-order valence-corrected chi connectivity index (χ1v) is 7.62. The van der Waals surface area contributed by atoms with Gasteiger partial charge in [0.2, 0.25) is 0 Å². The van der Waals surface area contributed by atoms with E-state index in [-0.39, 0.29) is 6.04 Å². The Morgan fingerprint density at radius 3 is 2.61 bits per heavy atom. The van der Waals surface area contributed by atoms with E-state index in [4.69, 9.17) is 17.3 Å². The Morgan fingerprint density at radius 1 is 1.17 bits per heavy atom. The molecule has 0 amide bonds. The fourth-order valence-corrected chi connectivity index (χ4v) is 3.19. The lowest BCUT2D eigenvalue weighted by atomic mass is 9.85. The highest BCUT2D eigenvalue weighted by Gasteiger charge is 2.15. The van der Waals surface area contributed by atoms with Crippen LogP contribution in [0.2, 0.25) is 5.02 Å². The van der Waals surface area contributed by atoms with Gasteiger partial charge in [0, 0.05) is 11.1 Å². The Balaban J connectivity index is 1.74. The van der Waals surface area contributed by atoms with Gasteiger partial charge in [-0.2, -0.15) is 0 Å². The molecule has 1 aromatic carbocycles. The Bertz CT molecular complexity index is 358. The van der Waals surface area contributed by atoms with E-state index < -0.39 is 0 Å². The van der Waals surface area contributed by atoms with E-state index in [0.717, 1.165) is 23.8 Å². The van der Waals surface area contributed by atoms with E-state index in [2.05, 4.69) is 6.07 Å². The van der Waals surface area contributed by atoms with Gasteiger partial charge >= 0.3 is 0 Å². The summed E-state index contributed by atoms with van der Waals surface area (Å²) < 4.78 is 0. The summed E-state index contributed by atoms with van der Waals surface area (Å²) in [5.41, 5.74) is 7.42. The van der Waals surface area contributed by atoms with Gasteiger partial charge in [-0.05, 0) is 36.8 Å². The summed E-state index contributed by atoms with van der Waals surface area (Å²) in [6.45, 7) is 0. The van der Waals surface area contributed by atoms with E-state index in [1.807, 2.05) is 18.2 Å². The van der Waals surface area contributed by atoms with E-state index in [1.165, 1.54) is 44.1 Å². The van der Waals surface area contributed by atoms with Crippen molar-refractivity contribution in [1.82, 2.24) is 0 Å². The van der Waals surface area contributed by atoms with Crippen molar-refractivity contribution in [3.05, 3.63) is 34.9 Å². The minimum atomic E-state index is 0.256. The van der Waals surface area contributed by atoms with Crippen LogP contribution in [0.3, 0.4) is 0 Å². The zero-order chi connectivity index (χ0) is 12.8. The van der Waals surface area contributed by atoms with Gasteiger partial charge in [-0.3, -0.25) is 0 Å². The standard InChI is InChI=1S/C16H24ClN/c17-16-9-5-4-8-14(16)12-15(18)11-10-13-6-2-1-3-7-13/h4-5,8-9,13,15H,1-3,6-7,10-12,18H2. The lowest BCUT2D eigenvalue weighted by Gasteiger charge is -2.23. The smallest absolute Gasteiger partial charge is 0.0438 e. The van der Waals surface area contributed by atoms with Gasteiger partial charge in [-0.25, -0.2) is 0 Å². The van der Waals surface area contributed by atoms with E-state index >= 15 is 0 Å². The Hall–Kier alpha value is -0.530. The number of nitrogens with two attached hydrogens (primary N) is 1. The molecule has 1 aliphatic rings. The molecule has 18 heavy (non-hydrogen) atoms. The second-order valence-corrected chi connectivity index (χ2v) is 6.04. The van der Waals surface area contributed by atoms with Crippen molar-refractivity contribution in [2.45, 2.75) is 57.4 Å². The summed E-state index contributed by atoms with van der Waals surface area (Å²) in [6, 6.07) is 8.30. The number of rotatable bonds is 5. The van der Waals surface area contributed by atoms with Crippen LogP contribution in [0, 0.1) is 5.92 Å². The van der Waals surface area contributed by atoms with Crippen molar-refractivity contribution in [2.24, 2.45) is 11.7 Å². The normalized spacial score (nSPS) is 18.8. The van der Waals surface area contributed by atoms with Crippen LogP contribution in [-0.4, -0.2) is 6.04 Å². The first-order chi connectivity index (χ1) is 8.75. The van der Waals surface area contributed by atoms with Crippen molar-refractivity contribution in [1.29, 1.82) is 0 Å². The average Bonchev–Trinajstić information content (AvgIpc) is 2.40. The monoisotopic (exact) mass is 265 g/mol. The molecule has 1 fully saturated rings. The van der Waals surface area contributed by atoms with Crippen LogP contribution in [0.15, 0.2) is 24.3 Å². The third kappa shape index (κ3) is 4.29. The zero-order valence-corrected chi connectivity index (χ0v) is 11.8. The first kappa shape index (κ1) is 13.9. The Morgan fingerprint density at radius 2 is 1.89 bits per heavy atom. The fourth-order valence-electron chi connectivity index (χ4n) is 2.97. The van der Waals surface area contributed by atoms with Gasteiger partial charge < -0.3 is 5.73 Å². The van der Waals surface area contributed by atoms with Crippen molar-refractivity contribution in [2.75, 3.05) is 0 Å². The maximum atomic E-state index is 6.23. The van der Waals surface area contributed by atoms with Gasteiger partial charge in [-0.1, -0.05) is 61.9 Å². The predicted octanol–water partition coefficient (Wildman–Crippen LogP) is 4.57. The predicted molar refractivity (Wildman–Crippen MR) is 78.9 cm³/mol. The molecule has 0 spiro atoms. The molecule has 100 valence electrons. The molecule has 1 aromatic rings. The summed E-state index contributed by atoms with van der Waals surface area (Å²) in [7, 11) is 0. The molecule has 0 aromatic heterocycles. The fraction of sp³-hybridized carbons (Fsp3) is 0.625. The molecule has 0 heterocycles. The maximum Gasteiger partial charge on any atom is 0.0438 e. The van der Waals surface area contributed by atoms with Crippen molar-refractivity contribution in [3.8, 4) is 0 Å². The molecule has 1 atom stereocenters. The Labute approximate surface area is 116 Å². The number of halogens is 1. The lowest BCUT2D eigenvalue weighted by molar-refractivity contribution is 0.323. The molecule has 2 rings (SSSR count). The van der Waals surface area contributed by atoms with Crippen LogP contribution in [0.25, 0.3) is 0 Å². The third-order valence-electron chi connectivity index (χ3n) is 4.11. The van der Waals surface area contributed by atoms with Crippen LogP contribution in [0.4, 0.5) is 0 Å².